The molecule has 2 rings (SSSR count). The number of hydrogen-bond donors (Lipinski definition) is 0. The van der Waals surface area contributed by atoms with Crippen molar-refractivity contribution in [1.29, 1.82) is 0 Å². The minimum atomic E-state index is 1.20. The summed E-state index contributed by atoms with van der Waals surface area (Å²) in [7, 11) is 0. The van der Waals surface area contributed by atoms with Crippen molar-refractivity contribution >= 4 is 0 Å². The van der Waals surface area contributed by atoms with Crippen LogP contribution in [-0.2, 0) is 0 Å². The van der Waals surface area contributed by atoms with Crippen molar-refractivity contribution < 1.29 is 0 Å². The summed E-state index contributed by atoms with van der Waals surface area (Å²) < 4.78 is 0. The number of piperidine rings is 2. The van der Waals surface area contributed by atoms with Crippen LogP contribution in [0.5, 0.6) is 0 Å². The maximum absolute atomic E-state index is 4.05. The standard InChI is InChI=1S/C11H20N2/c1-11-5-9-13(10-6-11)12-7-3-2-4-8-12/h1-10H2. The third kappa shape index (κ3) is 2.32. The molecular formula is C11H20N2. The van der Waals surface area contributed by atoms with Crippen LogP contribution in [0.4, 0.5) is 0 Å². The first-order chi connectivity index (χ1) is 6.36. The topological polar surface area (TPSA) is 6.48 Å². The lowest BCUT2D eigenvalue weighted by Crippen LogP contribution is -2.48. The van der Waals surface area contributed by atoms with Gasteiger partial charge < -0.3 is 0 Å². The molecular weight excluding hydrogens is 160 g/mol. The molecule has 2 saturated heterocycles. The molecule has 2 fully saturated rings. The minimum absolute atomic E-state index is 1.20. The van der Waals surface area contributed by atoms with Crippen LogP contribution >= 0.6 is 0 Å². The second kappa shape index (κ2) is 4.25. The SMILES string of the molecule is C=C1CCN(N2CCCCC2)CC1. The van der Waals surface area contributed by atoms with E-state index in [0.717, 1.165) is 0 Å². The van der Waals surface area contributed by atoms with E-state index in [0.29, 0.717) is 0 Å². The first-order valence-corrected chi connectivity index (χ1v) is 5.53. The Morgan fingerprint density at radius 1 is 0.769 bits per heavy atom. The second-order valence-corrected chi connectivity index (χ2v) is 4.22. The highest BCUT2D eigenvalue weighted by molar-refractivity contribution is 4.98. The largest absolute Gasteiger partial charge is 0.242 e. The molecule has 13 heavy (non-hydrogen) atoms. The highest BCUT2D eigenvalue weighted by Gasteiger charge is 2.20. The van der Waals surface area contributed by atoms with Crippen molar-refractivity contribution in [2.45, 2.75) is 32.1 Å². The Morgan fingerprint density at radius 2 is 1.31 bits per heavy atom. The van der Waals surface area contributed by atoms with Gasteiger partial charge in [-0.1, -0.05) is 18.6 Å². The quantitative estimate of drug-likeness (QED) is 0.570. The van der Waals surface area contributed by atoms with Gasteiger partial charge in [-0.15, -0.1) is 0 Å². The summed E-state index contributed by atoms with van der Waals surface area (Å²) in [5.41, 5.74) is 1.44. The fourth-order valence-electron chi connectivity index (χ4n) is 2.25. The molecule has 0 spiro atoms. The van der Waals surface area contributed by atoms with E-state index in [1.54, 1.807) is 0 Å². The molecule has 2 heterocycles. The summed E-state index contributed by atoms with van der Waals surface area (Å²) in [4.78, 5) is 0. The summed E-state index contributed by atoms with van der Waals surface area (Å²) in [5, 5.41) is 5.09. The molecule has 0 bridgehead atoms. The van der Waals surface area contributed by atoms with Crippen LogP contribution in [0.15, 0.2) is 12.2 Å². The van der Waals surface area contributed by atoms with Crippen LogP contribution in [0, 0.1) is 0 Å². The predicted molar refractivity (Wildman–Crippen MR) is 55.4 cm³/mol. The van der Waals surface area contributed by atoms with E-state index in [4.69, 9.17) is 0 Å². The van der Waals surface area contributed by atoms with Crippen molar-refractivity contribution in [3.05, 3.63) is 12.2 Å². The lowest BCUT2D eigenvalue weighted by Gasteiger charge is -2.40. The molecule has 2 nitrogen and oxygen atoms in total. The van der Waals surface area contributed by atoms with Crippen LogP contribution in [-0.4, -0.2) is 36.2 Å². The van der Waals surface area contributed by atoms with Gasteiger partial charge in [0.25, 0.3) is 0 Å². The van der Waals surface area contributed by atoms with Gasteiger partial charge in [0.15, 0.2) is 0 Å². The summed E-state index contributed by atoms with van der Waals surface area (Å²) in [6, 6.07) is 0. The van der Waals surface area contributed by atoms with E-state index in [2.05, 4.69) is 16.6 Å². The van der Waals surface area contributed by atoms with Gasteiger partial charge in [0.05, 0.1) is 0 Å². The summed E-state index contributed by atoms with van der Waals surface area (Å²) >= 11 is 0. The zero-order valence-corrected chi connectivity index (χ0v) is 8.47. The lowest BCUT2D eigenvalue weighted by atomic mass is 10.1. The van der Waals surface area contributed by atoms with E-state index in [1.807, 2.05) is 0 Å². The van der Waals surface area contributed by atoms with Crippen LogP contribution in [0.1, 0.15) is 32.1 Å². The summed E-state index contributed by atoms with van der Waals surface area (Å²) in [6.45, 7) is 9.03. The normalized spacial score (nSPS) is 27.8. The molecule has 74 valence electrons. The van der Waals surface area contributed by atoms with Gasteiger partial charge in [-0.2, -0.15) is 0 Å². The molecule has 2 heteroatoms. The molecule has 2 aliphatic heterocycles. The Morgan fingerprint density at radius 3 is 1.92 bits per heavy atom. The third-order valence-corrected chi connectivity index (χ3v) is 3.18. The van der Waals surface area contributed by atoms with E-state index < -0.39 is 0 Å². The highest BCUT2D eigenvalue weighted by atomic mass is 15.6. The van der Waals surface area contributed by atoms with Crippen molar-refractivity contribution in [2.75, 3.05) is 26.2 Å². The van der Waals surface area contributed by atoms with E-state index in [9.17, 15) is 0 Å². The number of hydrogen-bond acceptors (Lipinski definition) is 2. The monoisotopic (exact) mass is 180 g/mol. The molecule has 0 atom stereocenters. The smallest absolute Gasteiger partial charge is 0.0170 e. The first kappa shape index (κ1) is 9.22. The molecule has 0 N–H and O–H groups in total. The van der Waals surface area contributed by atoms with Gasteiger partial charge in [-0.25, -0.2) is 10.0 Å². The minimum Gasteiger partial charge on any atom is -0.242 e. The molecule has 0 aromatic rings. The van der Waals surface area contributed by atoms with E-state index in [-0.39, 0.29) is 0 Å². The molecule has 0 saturated carbocycles. The van der Waals surface area contributed by atoms with Crippen LogP contribution in [0.2, 0.25) is 0 Å². The van der Waals surface area contributed by atoms with Gasteiger partial charge in [-0.3, -0.25) is 0 Å². The molecule has 0 radical (unpaired) electrons. The Kier molecular flexibility index (Phi) is 3.01. The van der Waals surface area contributed by atoms with Crippen molar-refractivity contribution in [3.8, 4) is 0 Å². The zero-order chi connectivity index (χ0) is 9.10. The molecule has 0 aliphatic carbocycles. The van der Waals surface area contributed by atoms with E-state index in [1.165, 1.54) is 63.9 Å². The Bertz CT molecular complexity index is 173. The molecule has 0 unspecified atom stereocenters. The second-order valence-electron chi connectivity index (χ2n) is 4.22. The van der Waals surface area contributed by atoms with Gasteiger partial charge in [0, 0.05) is 26.2 Å². The summed E-state index contributed by atoms with van der Waals surface area (Å²) in [6.07, 6.45) is 6.61. The zero-order valence-electron chi connectivity index (χ0n) is 8.47. The van der Waals surface area contributed by atoms with Crippen molar-refractivity contribution in [1.82, 2.24) is 10.0 Å². The van der Waals surface area contributed by atoms with E-state index >= 15 is 0 Å². The molecule has 2 aliphatic rings. The number of nitrogens with zero attached hydrogens (tertiary/aromatic N) is 2. The Hall–Kier alpha value is -0.340. The number of rotatable bonds is 1. The maximum atomic E-state index is 4.05. The van der Waals surface area contributed by atoms with Gasteiger partial charge in [-0.05, 0) is 25.7 Å². The highest BCUT2D eigenvalue weighted by Crippen LogP contribution is 2.18. The van der Waals surface area contributed by atoms with Crippen LogP contribution in [0.3, 0.4) is 0 Å². The predicted octanol–water partition coefficient (Wildman–Crippen LogP) is 2.04. The molecule has 0 aromatic heterocycles. The van der Waals surface area contributed by atoms with Gasteiger partial charge in [0.2, 0.25) is 0 Å². The average Bonchev–Trinajstić information content (AvgIpc) is 2.20. The Balaban J connectivity index is 1.82. The van der Waals surface area contributed by atoms with Gasteiger partial charge >= 0.3 is 0 Å². The average molecular weight is 180 g/mol. The molecule has 0 aromatic carbocycles. The first-order valence-electron chi connectivity index (χ1n) is 5.53. The lowest BCUT2D eigenvalue weighted by molar-refractivity contribution is -0.0447. The Labute approximate surface area is 81.2 Å². The van der Waals surface area contributed by atoms with Crippen molar-refractivity contribution in [3.63, 3.8) is 0 Å². The van der Waals surface area contributed by atoms with Crippen LogP contribution in [0.25, 0.3) is 0 Å². The van der Waals surface area contributed by atoms with Crippen molar-refractivity contribution in [2.24, 2.45) is 0 Å². The third-order valence-electron chi connectivity index (χ3n) is 3.18. The number of hydrazine groups is 1. The van der Waals surface area contributed by atoms with Gasteiger partial charge in [0.1, 0.15) is 0 Å². The maximum Gasteiger partial charge on any atom is 0.0170 e. The fraction of sp³-hybridized carbons (Fsp3) is 0.818. The summed E-state index contributed by atoms with van der Waals surface area (Å²) in [5.74, 6) is 0. The molecule has 0 amide bonds. The van der Waals surface area contributed by atoms with Crippen LogP contribution < -0.4 is 0 Å². The fourth-order valence-corrected chi connectivity index (χ4v) is 2.25.